The minimum absolute atomic E-state index is 0.646. The molecule has 2 aromatic heterocycles. The van der Waals surface area contributed by atoms with Crippen molar-refractivity contribution in [2.75, 3.05) is 13.7 Å². The lowest BCUT2D eigenvalue weighted by atomic mass is 10.2. The zero-order valence-electron chi connectivity index (χ0n) is 10.5. The fraction of sp³-hybridized carbons (Fsp3) is 0.286. The number of hydrogen-bond acceptors (Lipinski definition) is 4. The summed E-state index contributed by atoms with van der Waals surface area (Å²) in [5, 5.41) is 3.37. The predicted molar refractivity (Wildman–Crippen MR) is 70.4 cm³/mol. The lowest BCUT2D eigenvalue weighted by Crippen LogP contribution is -2.17. The molecule has 0 unspecified atom stereocenters. The third-order valence-corrected chi connectivity index (χ3v) is 2.62. The van der Waals surface area contributed by atoms with Crippen molar-refractivity contribution < 1.29 is 4.74 Å². The summed E-state index contributed by atoms with van der Waals surface area (Å²) in [5.41, 5.74) is 2.26. The van der Waals surface area contributed by atoms with Gasteiger partial charge in [-0.15, -0.1) is 0 Å². The van der Waals surface area contributed by atoms with E-state index in [1.807, 2.05) is 42.7 Å². The van der Waals surface area contributed by atoms with E-state index in [-0.39, 0.29) is 0 Å². The molecular weight excluding hydrogens is 226 g/mol. The van der Waals surface area contributed by atoms with Gasteiger partial charge in [-0.05, 0) is 17.7 Å². The zero-order chi connectivity index (χ0) is 12.6. The van der Waals surface area contributed by atoms with Crippen LogP contribution in [0.5, 0.6) is 5.88 Å². The summed E-state index contributed by atoms with van der Waals surface area (Å²) in [6, 6.07) is 9.86. The maximum atomic E-state index is 5.01. The van der Waals surface area contributed by atoms with Crippen LogP contribution in [0.1, 0.15) is 11.3 Å². The topological polar surface area (TPSA) is 47.0 Å². The van der Waals surface area contributed by atoms with E-state index >= 15 is 0 Å². The Labute approximate surface area is 107 Å². The zero-order valence-corrected chi connectivity index (χ0v) is 10.5. The highest BCUT2D eigenvalue weighted by atomic mass is 16.5. The third-order valence-electron chi connectivity index (χ3n) is 2.62. The summed E-state index contributed by atoms with van der Waals surface area (Å²) < 4.78 is 5.01. The fourth-order valence-corrected chi connectivity index (χ4v) is 1.63. The molecule has 0 aliphatic heterocycles. The first-order valence-corrected chi connectivity index (χ1v) is 5.98. The second-order valence-electron chi connectivity index (χ2n) is 3.96. The van der Waals surface area contributed by atoms with Gasteiger partial charge in [-0.2, -0.15) is 0 Å². The van der Waals surface area contributed by atoms with Crippen molar-refractivity contribution in [3.05, 3.63) is 54.0 Å². The molecule has 4 heteroatoms. The normalized spacial score (nSPS) is 10.3. The molecule has 2 aromatic rings. The van der Waals surface area contributed by atoms with Crippen molar-refractivity contribution in [1.29, 1.82) is 0 Å². The first-order chi connectivity index (χ1) is 8.88. The van der Waals surface area contributed by atoms with Gasteiger partial charge < -0.3 is 10.1 Å². The molecule has 94 valence electrons. The van der Waals surface area contributed by atoms with E-state index in [0.29, 0.717) is 5.88 Å². The van der Waals surface area contributed by atoms with E-state index in [0.717, 1.165) is 30.8 Å². The number of ether oxygens (including phenoxy) is 1. The first-order valence-electron chi connectivity index (χ1n) is 5.98. The molecular formula is C14H17N3O. The molecule has 0 fully saturated rings. The number of hydrogen-bond donors (Lipinski definition) is 1. The van der Waals surface area contributed by atoms with Crippen molar-refractivity contribution >= 4 is 0 Å². The average Bonchev–Trinajstić information content (AvgIpc) is 2.45. The van der Waals surface area contributed by atoms with Gasteiger partial charge in [0.15, 0.2) is 0 Å². The van der Waals surface area contributed by atoms with Crippen LogP contribution in [0.25, 0.3) is 0 Å². The second kappa shape index (κ2) is 6.71. The first kappa shape index (κ1) is 12.5. The molecule has 0 bridgehead atoms. The summed E-state index contributed by atoms with van der Waals surface area (Å²) >= 11 is 0. The summed E-state index contributed by atoms with van der Waals surface area (Å²) in [6.07, 6.45) is 4.58. The summed E-state index contributed by atoms with van der Waals surface area (Å²) in [5.74, 6) is 0.646. The van der Waals surface area contributed by atoms with Crippen LogP contribution < -0.4 is 10.1 Å². The van der Waals surface area contributed by atoms with Gasteiger partial charge in [0.05, 0.1) is 7.11 Å². The van der Waals surface area contributed by atoms with E-state index in [1.165, 1.54) is 0 Å². The maximum absolute atomic E-state index is 5.01. The van der Waals surface area contributed by atoms with Crippen molar-refractivity contribution in [1.82, 2.24) is 15.3 Å². The Bertz CT molecular complexity index is 456. The molecule has 0 saturated heterocycles. The molecule has 0 aromatic carbocycles. The van der Waals surface area contributed by atoms with Crippen molar-refractivity contribution in [2.24, 2.45) is 0 Å². The lowest BCUT2D eigenvalue weighted by molar-refractivity contribution is 0.397. The van der Waals surface area contributed by atoms with Gasteiger partial charge in [0.1, 0.15) is 0 Å². The van der Waals surface area contributed by atoms with Crippen LogP contribution in [0, 0.1) is 0 Å². The average molecular weight is 243 g/mol. The minimum Gasteiger partial charge on any atom is -0.481 e. The highest BCUT2D eigenvalue weighted by Gasteiger charge is 1.96. The highest BCUT2D eigenvalue weighted by molar-refractivity contribution is 5.17. The summed E-state index contributed by atoms with van der Waals surface area (Å²) in [4.78, 5) is 8.44. The van der Waals surface area contributed by atoms with Crippen LogP contribution in [0.3, 0.4) is 0 Å². The smallest absolute Gasteiger partial charge is 0.212 e. The van der Waals surface area contributed by atoms with E-state index in [2.05, 4.69) is 15.3 Å². The molecule has 1 N–H and O–H groups in total. The quantitative estimate of drug-likeness (QED) is 0.786. The van der Waals surface area contributed by atoms with Crippen molar-refractivity contribution in [3.63, 3.8) is 0 Å². The Balaban J connectivity index is 1.72. The number of pyridine rings is 2. The van der Waals surface area contributed by atoms with Crippen LogP contribution in [0.4, 0.5) is 0 Å². The molecule has 0 atom stereocenters. The van der Waals surface area contributed by atoms with Crippen LogP contribution in [0.2, 0.25) is 0 Å². The number of aromatic nitrogens is 2. The molecule has 0 aliphatic rings. The molecule has 0 amide bonds. The van der Waals surface area contributed by atoms with Gasteiger partial charge in [-0.25, -0.2) is 4.98 Å². The third kappa shape index (κ3) is 3.82. The van der Waals surface area contributed by atoms with Gasteiger partial charge in [0, 0.05) is 43.7 Å². The van der Waals surface area contributed by atoms with E-state index in [4.69, 9.17) is 4.74 Å². The molecule has 0 spiro atoms. The summed E-state index contributed by atoms with van der Waals surface area (Å²) in [6.45, 7) is 1.72. The van der Waals surface area contributed by atoms with Gasteiger partial charge in [-0.1, -0.05) is 12.1 Å². The number of methoxy groups -OCH3 is 1. The highest BCUT2D eigenvalue weighted by Crippen LogP contribution is 2.06. The largest absolute Gasteiger partial charge is 0.481 e. The minimum atomic E-state index is 0.646. The van der Waals surface area contributed by atoms with Crippen LogP contribution >= 0.6 is 0 Å². The van der Waals surface area contributed by atoms with E-state index in [9.17, 15) is 0 Å². The number of nitrogens with zero attached hydrogens (tertiary/aromatic N) is 2. The molecule has 2 rings (SSSR count). The van der Waals surface area contributed by atoms with Crippen LogP contribution in [0.15, 0.2) is 42.7 Å². The van der Waals surface area contributed by atoms with E-state index < -0.39 is 0 Å². The van der Waals surface area contributed by atoms with Gasteiger partial charge in [-0.3, -0.25) is 4.98 Å². The lowest BCUT2D eigenvalue weighted by Gasteiger charge is -2.05. The molecule has 0 radical (unpaired) electrons. The van der Waals surface area contributed by atoms with Crippen LogP contribution in [-0.4, -0.2) is 23.6 Å². The molecule has 0 saturated carbocycles. The van der Waals surface area contributed by atoms with Gasteiger partial charge in [0.25, 0.3) is 0 Å². The van der Waals surface area contributed by atoms with Gasteiger partial charge in [0.2, 0.25) is 5.88 Å². The summed E-state index contributed by atoms with van der Waals surface area (Å²) in [7, 11) is 1.62. The number of nitrogens with one attached hydrogen (secondary N) is 1. The Morgan fingerprint density at radius 3 is 2.78 bits per heavy atom. The Hall–Kier alpha value is -1.94. The molecule has 2 heterocycles. The molecule has 4 nitrogen and oxygen atoms in total. The maximum Gasteiger partial charge on any atom is 0.212 e. The molecule has 0 aliphatic carbocycles. The standard InChI is InChI=1S/C14H17N3O/c1-18-14-6-5-12(11-17-14)10-15-9-7-13-4-2-3-8-16-13/h2-6,8,11,15H,7,9-10H2,1H3. The Morgan fingerprint density at radius 2 is 2.11 bits per heavy atom. The SMILES string of the molecule is COc1ccc(CNCCc2ccccn2)cn1. The van der Waals surface area contributed by atoms with Crippen molar-refractivity contribution in [2.45, 2.75) is 13.0 Å². The van der Waals surface area contributed by atoms with Crippen LogP contribution in [-0.2, 0) is 13.0 Å². The fourth-order valence-electron chi connectivity index (χ4n) is 1.63. The van der Waals surface area contributed by atoms with Gasteiger partial charge >= 0.3 is 0 Å². The number of rotatable bonds is 6. The predicted octanol–water partition coefficient (Wildman–Crippen LogP) is 1.82. The Kier molecular flexibility index (Phi) is 4.67. The molecule has 18 heavy (non-hydrogen) atoms. The van der Waals surface area contributed by atoms with E-state index in [1.54, 1.807) is 7.11 Å². The van der Waals surface area contributed by atoms with Crippen molar-refractivity contribution in [3.8, 4) is 5.88 Å². The Morgan fingerprint density at radius 1 is 1.17 bits per heavy atom. The monoisotopic (exact) mass is 243 g/mol. The second-order valence-corrected chi connectivity index (χ2v) is 3.96.